The quantitative estimate of drug-likeness (QED) is 0.692. The monoisotopic (exact) mass is 236 g/mol. The van der Waals surface area contributed by atoms with Crippen LogP contribution in [0.3, 0.4) is 0 Å². The molecule has 0 unspecified atom stereocenters. The fourth-order valence-corrected chi connectivity index (χ4v) is 2.92. The molecule has 0 spiro atoms. The van der Waals surface area contributed by atoms with Crippen LogP contribution in [0.25, 0.3) is 21.8 Å². The van der Waals surface area contributed by atoms with Crippen LogP contribution in [0.5, 0.6) is 5.75 Å². The SMILES string of the molecule is COc1ccc2c(c1)c1cccc3c1n2CC3=N. The number of rotatable bonds is 1. The number of para-hydroxylation sites is 1. The summed E-state index contributed by atoms with van der Waals surface area (Å²) in [5.41, 5.74) is 4.13. The van der Waals surface area contributed by atoms with Crippen molar-refractivity contribution in [2.45, 2.75) is 6.54 Å². The minimum absolute atomic E-state index is 0.672. The summed E-state index contributed by atoms with van der Waals surface area (Å²) in [4.78, 5) is 0. The molecule has 0 atom stereocenters. The molecule has 3 nitrogen and oxygen atoms in total. The van der Waals surface area contributed by atoms with Crippen molar-refractivity contribution in [2.75, 3.05) is 7.11 Å². The highest BCUT2D eigenvalue weighted by Crippen LogP contribution is 2.36. The molecule has 0 bridgehead atoms. The highest BCUT2D eigenvalue weighted by Gasteiger charge is 2.22. The largest absolute Gasteiger partial charge is 0.497 e. The van der Waals surface area contributed by atoms with Gasteiger partial charge in [-0.2, -0.15) is 0 Å². The van der Waals surface area contributed by atoms with Crippen LogP contribution < -0.4 is 4.74 Å². The molecule has 3 aromatic rings. The summed E-state index contributed by atoms with van der Waals surface area (Å²) < 4.78 is 7.52. The Bertz CT molecular complexity index is 814. The van der Waals surface area contributed by atoms with Crippen molar-refractivity contribution in [3.05, 3.63) is 42.0 Å². The Balaban J connectivity index is 2.25. The summed E-state index contributed by atoms with van der Waals surface area (Å²) in [7, 11) is 1.69. The molecule has 0 amide bonds. The lowest BCUT2D eigenvalue weighted by molar-refractivity contribution is 0.415. The molecule has 4 rings (SSSR count). The van der Waals surface area contributed by atoms with Gasteiger partial charge in [0.1, 0.15) is 5.75 Å². The molecule has 0 radical (unpaired) electrons. The van der Waals surface area contributed by atoms with Gasteiger partial charge in [-0.25, -0.2) is 0 Å². The number of fused-ring (bicyclic) bond motifs is 3. The number of hydrogen-bond donors (Lipinski definition) is 1. The van der Waals surface area contributed by atoms with Crippen LogP contribution >= 0.6 is 0 Å². The fourth-order valence-electron chi connectivity index (χ4n) is 2.92. The summed E-state index contributed by atoms with van der Waals surface area (Å²) in [6.07, 6.45) is 0. The van der Waals surface area contributed by atoms with Crippen LogP contribution in [-0.4, -0.2) is 17.4 Å². The minimum atomic E-state index is 0.672. The molecule has 1 aliphatic rings. The second kappa shape index (κ2) is 3.13. The van der Waals surface area contributed by atoms with Crippen LogP contribution in [0, 0.1) is 5.41 Å². The molecule has 0 saturated heterocycles. The highest BCUT2D eigenvalue weighted by atomic mass is 16.5. The van der Waals surface area contributed by atoms with E-state index in [1.807, 2.05) is 18.2 Å². The Kier molecular flexibility index (Phi) is 1.69. The molecule has 88 valence electrons. The lowest BCUT2D eigenvalue weighted by atomic mass is 10.1. The molecule has 0 fully saturated rings. The van der Waals surface area contributed by atoms with Crippen LogP contribution in [0.4, 0.5) is 0 Å². The topological polar surface area (TPSA) is 38.0 Å². The smallest absolute Gasteiger partial charge is 0.119 e. The predicted octanol–water partition coefficient (Wildman–Crippen LogP) is 3.18. The maximum atomic E-state index is 8.04. The van der Waals surface area contributed by atoms with Crippen molar-refractivity contribution >= 4 is 27.5 Å². The molecule has 2 heterocycles. The maximum Gasteiger partial charge on any atom is 0.119 e. The van der Waals surface area contributed by atoms with Crippen molar-refractivity contribution in [2.24, 2.45) is 0 Å². The van der Waals surface area contributed by atoms with E-state index in [-0.39, 0.29) is 0 Å². The molecule has 18 heavy (non-hydrogen) atoms. The normalized spacial score (nSPS) is 13.7. The summed E-state index contributed by atoms with van der Waals surface area (Å²) >= 11 is 0. The number of aromatic nitrogens is 1. The number of hydrogen-bond acceptors (Lipinski definition) is 2. The van der Waals surface area contributed by atoms with Crippen molar-refractivity contribution in [1.29, 1.82) is 5.41 Å². The Morgan fingerprint density at radius 3 is 2.89 bits per heavy atom. The fraction of sp³-hybridized carbons (Fsp3) is 0.133. The van der Waals surface area contributed by atoms with Gasteiger partial charge in [0.25, 0.3) is 0 Å². The van der Waals surface area contributed by atoms with Gasteiger partial charge < -0.3 is 14.7 Å². The van der Waals surface area contributed by atoms with Gasteiger partial charge >= 0.3 is 0 Å². The average Bonchev–Trinajstić information content (AvgIpc) is 2.90. The third kappa shape index (κ3) is 1.02. The second-order valence-electron chi connectivity index (χ2n) is 4.65. The second-order valence-corrected chi connectivity index (χ2v) is 4.65. The Labute approximate surface area is 104 Å². The first-order chi connectivity index (χ1) is 8.79. The molecule has 1 N–H and O–H groups in total. The number of nitrogens with one attached hydrogen (secondary N) is 1. The number of methoxy groups -OCH3 is 1. The molecular weight excluding hydrogens is 224 g/mol. The molecule has 0 aliphatic carbocycles. The first-order valence-corrected chi connectivity index (χ1v) is 5.96. The molecule has 0 saturated carbocycles. The van der Waals surface area contributed by atoms with Crippen LogP contribution in [0.1, 0.15) is 5.56 Å². The lowest BCUT2D eigenvalue weighted by Gasteiger charge is -2.02. The maximum absolute atomic E-state index is 8.04. The van der Waals surface area contributed by atoms with E-state index in [9.17, 15) is 0 Å². The molecule has 1 aromatic heterocycles. The Hall–Kier alpha value is -2.29. The van der Waals surface area contributed by atoms with E-state index < -0.39 is 0 Å². The predicted molar refractivity (Wildman–Crippen MR) is 72.8 cm³/mol. The minimum Gasteiger partial charge on any atom is -0.497 e. The number of ether oxygens (including phenoxy) is 1. The van der Waals surface area contributed by atoms with Crippen LogP contribution in [-0.2, 0) is 6.54 Å². The summed E-state index contributed by atoms with van der Waals surface area (Å²) in [6.45, 7) is 0.672. The van der Waals surface area contributed by atoms with E-state index in [4.69, 9.17) is 10.1 Å². The van der Waals surface area contributed by atoms with Gasteiger partial charge in [0, 0.05) is 21.9 Å². The van der Waals surface area contributed by atoms with Gasteiger partial charge in [0.05, 0.1) is 24.9 Å². The molecular formula is C15H12N2O. The van der Waals surface area contributed by atoms with E-state index >= 15 is 0 Å². The van der Waals surface area contributed by atoms with E-state index in [0.717, 1.165) is 11.3 Å². The van der Waals surface area contributed by atoms with Gasteiger partial charge in [-0.05, 0) is 18.2 Å². The number of benzene rings is 2. The third-order valence-electron chi connectivity index (χ3n) is 3.73. The zero-order valence-corrected chi connectivity index (χ0v) is 10.0. The standard InChI is InChI=1S/C15H12N2O/c1-18-9-5-6-14-12(7-9)10-3-2-4-11-13(16)8-17(14)15(10)11/h2-7,16H,8H2,1H3. The zero-order valence-electron chi connectivity index (χ0n) is 10.0. The van der Waals surface area contributed by atoms with E-state index in [0.29, 0.717) is 12.3 Å². The van der Waals surface area contributed by atoms with Gasteiger partial charge in [0.2, 0.25) is 0 Å². The van der Waals surface area contributed by atoms with Crippen LogP contribution in [0.15, 0.2) is 36.4 Å². The van der Waals surface area contributed by atoms with Crippen molar-refractivity contribution in [3.8, 4) is 5.75 Å². The van der Waals surface area contributed by atoms with E-state index in [1.54, 1.807) is 7.11 Å². The summed E-state index contributed by atoms with van der Waals surface area (Å²) in [6, 6.07) is 12.3. The molecule has 2 aromatic carbocycles. The number of nitrogens with zero attached hydrogens (tertiary/aromatic N) is 1. The van der Waals surface area contributed by atoms with Gasteiger partial charge in [-0.3, -0.25) is 0 Å². The first-order valence-electron chi connectivity index (χ1n) is 5.96. The summed E-state index contributed by atoms with van der Waals surface area (Å²) in [5.74, 6) is 0.877. The molecule has 3 heteroatoms. The van der Waals surface area contributed by atoms with E-state index in [1.165, 1.54) is 21.8 Å². The molecule has 1 aliphatic heterocycles. The summed E-state index contributed by atoms with van der Waals surface area (Å²) in [5, 5.41) is 10.5. The lowest BCUT2D eigenvalue weighted by Crippen LogP contribution is -2.00. The van der Waals surface area contributed by atoms with E-state index in [2.05, 4.69) is 22.8 Å². The van der Waals surface area contributed by atoms with Gasteiger partial charge in [0.15, 0.2) is 0 Å². The Morgan fingerprint density at radius 1 is 1.17 bits per heavy atom. The Morgan fingerprint density at radius 2 is 2.06 bits per heavy atom. The van der Waals surface area contributed by atoms with Crippen molar-refractivity contribution in [3.63, 3.8) is 0 Å². The van der Waals surface area contributed by atoms with Crippen molar-refractivity contribution < 1.29 is 4.74 Å². The first kappa shape index (κ1) is 9.71. The van der Waals surface area contributed by atoms with Crippen LogP contribution in [0.2, 0.25) is 0 Å². The highest BCUT2D eigenvalue weighted by molar-refractivity contribution is 6.20. The van der Waals surface area contributed by atoms with Gasteiger partial charge in [-0.15, -0.1) is 0 Å². The van der Waals surface area contributed by atoms with Gasteiger partial charge in [-0.1, -0.05) is 18.2 Å². The third-order valence-corrected chi connectivity index (χ3v) is 3.73. The average molecular weight is 236 g/mol. The van der Waals surface area contributed by atoms with Crippen molar-refractivity contribution in [1.82, 2.24) is 4.57 Å². The zero-order chi connectivity index (χ0) is 12.3.